The molecule has 0 aliphatic carbocycles. The first-order chi connectivity index (χ1) is 17.8. The van der Waals surface area contributed by atoms with Crippen molar-refractivity contribution in [1.82, 2.24) is 9.80 Å². The molecular weight excluding hydrogens is 490 g/mol. The van der Waals surface area contributed by atoms with Crippen LogP contribution in [0.1, 0.15) is 50.2 Å². The number of benzene rings is 2. The molecule has 4 amide bonds. The van der Waals surface area contributed by atoms with Crippen LogP contribution in [-0.4, -0.2) is 59.0 Å². The summed E-state index contributed by atoms with van der Waals surface area (Å²) in [5.74, 6) is -0.128. The second-order valence-corrected chi connectivity index (χ2v) is 10.4. The third-order valence-corrected chi connectivity index (χ3v) is 7.19. The molecule has 0 saturated carbocycles. The number of hydrogen-bond acceptors (Lipinski definition) is 6. The second-order valence-electron chi connectivity index (χ2n) is 9.36. The number of thioether (sulfide) groups is 1. The molecule has 194 valence electrons. The Balaban J connectivity index is 1.31. The smallest absolute Gasteiger partial charge is 0.294 e. The van der Waals surface area contributed by atoms with Gasteiger partial charge in [-0.05, 0) is 72.3 Å². The summed E-state index contributed by atoms with van der Waals surface area (Å²) in [6.45, 7) is 5.11. The third kappa shape index (κ3) is 6.80. The summed E-state index contributed by atoms with van der Waals surface area (Å²) in [7, 11) is 0. The van der Waals surface area contributed by atoms with Crippen LogP contribution < -0.4 is 10.1 Å². The maximum absolute atomic E-state index is 12.8. The Morgan fingerprint density at radius 1 is 1.03 bits per heavy atom. The first-order valence-corrected chi connectivity index (χ1v) is 13.3. The van der Waals surface area contributed by atoms with E-state index in [2.05, 4.69) is 19.2 Å². The Bertz CT molecular complexity index is 1200. The number of carbonyl (C=O) groups is 4. The van der Waals surface area contributed by atoms with Crippen LogP contribution in [-0.2, 0) is 14.4 Å². The number of amides is 4. The van der Waals surface area contributed by atoms with Gasteiger partial charge in [0.2, 0.25) is 5.91 Å². The van der Waals surface area contributed by atoms with Gasteiger partial charge in [0.05, 0.1) is 4.91 Å². The Labute approximate surface area is 221 Å². The number of nitrogens with zero attached hydrogens (tertiary/aromatic N) is 2. The Morgan fingerprint density at radius 3 is 2.43 bits per heavy atom. The highest BCUT2D eigenvalue weighted by atomic mass is 32.2. The zero-order chi connectivity index (χ0) is 26.4. The van der Waals surface area contributed by atoms with Crippen LogP contribution in [0.4, 0.5) is 10.5 Å². The molecule has 2 aromatic carbocycles. The summed E-state index contributed by atoms with van der Waals surface area (Å²) < 4.78 is 5.61. The molecule has 2 heterocycles. The van der Waals surface area contributed by atoms with E-state index in [1.165, 1.54) is 0 Å². The van der Waals surface area contributed by atoms with E-state index in [0.29, 0.717) is 24.4 Å². The van der Waals surface area contributed by atoms with Crippen molar-refractivity contribution >= 4 is 46.5 Å². The van der Waals surface area contributed by atoms with Crippen molar-refractivity contribution in [2.45, 2.75) is 39.0 Å². The van der Waals surface area contributed by atoms with Crippen LogP contribution in [0, 0.1) is 0 Å². The number of anilines is 1. The number of ether oxygens (including phenoxy) is 1. The van der Waals surface area contributed by atoms with E-state index in [0.717, 1.165) is 47.2 Å². The van der Waals surface area contributed by atoms with E-state index >= 15 is 0 Å². The van der Waals surface area contributed by atoms with Crippen molar-refractivity contribution in [3.8, 4) is 5.75 Å². The lowest BCUT2D eigenvalue weighted by Crippen LogP contribution is -2.44. The third-order valence-electron chi connectivity index (χ3n) is 6.28. The molecule has 0 radical (unpaired) electrons. The molecule has 4 rings (SSSR count). The van der Waals surface area contributed by atoms with E-state index < -0.39 is 11.1 Å². The van der Waals surface area contributed by atoms with E-state index in [-0.39, 0.29) is 35.8 Å². The number of imide groups is 1. The lowest BCUT2D eigenvalue weighted by Gasteiger charge is -2.27. The number of para-hydroxylation sites is 1. The Kier molecular flexibility index (Phi) is 8.66. The lowest BCUT2D eigenvalue weighted by molar-refractivity contribution is -0.136. The van der Waals surface area contributed by atoms with Gasteiger partial charge in [0.1, 0.15) is 12.3 Å². The quantitative estimate of drug-likeness (QED) is 0.498. The number of likely N-dealkylation sites (tertiary alicyclic amines) is 1. The Hall–Kier alpha value is -3.59. The molecule has 0 atom stereocenters. The van der Waals surface area contributed by atoms with Gasteiger partial charge in [0.15, 0.2) is 6.61 Å². The van der Waals surface area contributed by atoms with Gasteiger partial charge in [0, 0.05) is 18.8 Å². The first kappa shape index (κ1) is 26.5. The predicted octanol–water partition coefficient (Wildman–Crippen LogP) is 4.88. The van der Waals surface area contributed by atoms with Crippen LogP contribution in [0.15, 0.2) is 53.4 Å². The molecule has 2 aromatic rings. The molecule has 37 heavy (non-hydrogen) atoms. The number of rotatable bonds is 8. The van der Waals surface area contributed by atoms with E-state index in [1.54, 1.807) is 35.2 Å². The lowest BCUT2D eigenvalue weighted by atomic mass is 10.0. The molecule has 2 aliphatic rings. The maximum atomic E-state index is 12.8. The van der Waals surface area contributed by atoms with Crippen molar-refractivity contribution in [2.24, 2.45) is 0 Å². The minimum absolute atomic E-state index is 0.143. The standard InChI is InChI=1S/C28H31N3O5S/c1-19(2)22-8-4-5-9-23(22)29-25(32)18-36-21-12-10-20(11-13-21)16-24-27(34)31(28(35)37-24)17-26(33)30-14-6-3-7-15-30/h4-5,8-13,16,19H,3,6-7,14-15,17-18H2,1-2H3,(H,29,32)/b24-16+. The fourth-order valence-corrected chi connectivity index (χ4v) is 5.11. The number of piperidine rings is 1. The van der Waals surface area contributed by atoms with Crippen LogP contribution in [0.5, 0.6) is 5.75 Å². The summed E-state index contributed by atoms with van der Waals surface area (Å²) in [6, 6.07) is 14.6. The van der Waals surface area contributed by atoms with Crippen molar-refractivity contribution < 1.29 is 23.9 Å². The molecule has 0 spiro atoms. The summed E-state index contributed by atoms with van der Waals surface area (Å²) in [4.78, 5) is 53.1. The molecule has 2 fully saturated rings. The average Bonchev–Trinajstić information content (AvgIpc) is 3.16. The minimum atomic E-state index is -0.459. The van der Waals surface area contributed by atoms with Gasteiger partial charge in [0.25, 0.3) is 17.1 Å². The molecule has 0 bridgehead atoms. The zero-order valence-electron chi connectivity index (χ0n) is 21.1. The van der Waals surface area contributed by atoms with Crippen LogP contribution in [0.3, 0.4) is 0 Å². The van der Waals surface area contributed by atoms with Crippen molar-refractivity contribution in [3.63, 3.8) is 0 Å². The van der Waals surface area contributed by atoms with Gasteiger partial charge in [-0.25, -0.2) is 0 Å². The minimum Gasteiger partial charge on any atom is -0.484 e. The van der Waals surface area contributed by atoms with Crippen LogP contribution in [0.25, 0.3) is 6.08 Å². The number of carbonyl (C=O) groups excluding carboxylic acids is 4. The largest absolute Gasteiger partial charge is 0.484 e. The molecule has 2 saturated heterocycles. The topological polar surface area (TPSA) is 96.0 Å². The zero-order valence-corrected chi connectivity index (χ0v) is 21.9. The number of hydrogen-bond donors (Lipinski definition) is 1. The molecule has 8 nitrogen and oxygen atoms in total. The highest BCUT2D eigenvalue weighted by Gasteiger charge is 2.37. The second kappa shape index (κ2) is 12.1. The summed E-state index contributed by atoms with van der Waals surface area (Å²) in [5, 5.41) is 2.45. The molecule has 0 aromatic heterocycles. The van der Waals surface area contributed by atoms with Gasteiger partial charge in [-0.15, -0.1) is 0 Å². The monoisotopic (exact) mass is 521 g/mol. The normalized spacial score (nSPS) is 17.0. The predicted molar refractivity (Wildman–Crippen MR) is 144 cm³/mol. The van der Waals surface area contributed by atoms with Crippen LogP contribution >= 0.6 is 11.8 Å². The fraction of sp³-hybridized carbons (Fsp3) is 0.357. The first-order valence-electron chi connectivity index (χ1n) is 12.5. The van der Waals surface area contributed by atoms with E-state index in [4.69, 9.17) is 4.74 Å². The maximum Gasteiger partial charge on any atom is 0.294 e. The summed E-state index contributed by atoms with van der Waals surface area (Å²) in [6.07, 6.45) is 4.61. The van der Waals surface area contributed by atoms with Crippen molar-refractivity contribution in [1.29, 1.82) is 0 Å². The summed E-state index contributed by atoms with van der Waals surface area (Å²) >= 11 is 0.831. The van der Waals surface area contributed by atoms with Gasteiger partial charge in [-0.1, -0.05) is 44.2 Å². The molecular formula is C28H31N3O5S. The molecule has 0 unspecified atom stereocenters. The van der Waals surface area contributed by atoms with Gasteiger partial charge >= 0.3 is 0 Å². The summed E-state index contributed by atoms with van der Waals surface area (Å²) in [5.41, 5.74) is 2.53. The average molecular weight is 522 g/mol. The molecule has 1 N–H and O–H groups in total. The highest BCUT2D eigenvalue weighted by Crippen LogP contribution is 2.32. The SMILES string of the molecule is CC(C)c1ccccc1NC(=O)COc1ccc(/C=C2/SC(=O)N(CC(=O)N3CCCCC3)C2=O)cc1. The Morgan fingerprint density at radius 2 is 1.73 bits per heavy atom. The molecule has 2 aliphatic heterocycles. The van der Waals surface area contributed by atoms with E-state index in [9.17, 15) is 19.2 Å². The van der Waals surface area contributed by atoms with Gasteiger partial charge < -0.3 is 15.0 Å². The highest BCUT2D eigenvalue weighted by molar-refractivity contribution is 8.18. The van der Waals surface area contributed by atoms with Crippen molar-refractivity contribution in [2.75, 3.05) is 31.6 Å². The fourth-order valence-electron chi connectivity index (χ4n) is 4.28. The van der Waals surface area contributed by atoms with Crippen molar-refractivity contribution in [3.05, 3.63) is 64.6 Å². The van der Waals surface area contributed by atoms with Gasteiger partial charge in [-0.2, -0.15) is 0 Å². The molecule has 9 heteroatoms. The number of nitrogens with one attached hydrogen (secondary N) is 1. The van der Waals surface area contributed by atoms with Gasteiger partial charge in [-0.3, -0.25) is 24.1 Å². The van der Waals surface area contributed by atoms with Crippen LogP contribution in [0.2, 0.25) is 0 Å². The van der Waals surface area contributed by atoms with E-state index in [1.807, 2.05) is 24.3 Å².